The summed E-state index contributed by atoms with van der Waals surface area (Å²) in [7, 11) is 3.35. The summed E-state index contributed by atoms with van der Waals surface area (Å²) in [5.41, 5.74) is 6.14. The molecule has 0 fully saturated rings. The van der Waals surface area contributed by atoms with Gasteiger partial charge in [-0.2, -0.15) is 11.3 Å². The molecule has 0 atom stereocenters. The molecule has 0 bridgehead atoms. The largest absolute Gasteiger partial charge is 0.497 e. The molecule has 5 nitrogen and oxygen atoms in total. The van der Waals surface area contributed by atoms with Gasteiger partial charge < -0.3 is 19.4 Å². The van der Waals surface area contributed by atoms with Gasteiger partial charge in [-0.05, 0) is 51.9 Å². The number of nitrogens with one attached hydrogen (secondary N) is 1. The minimum atomic E-state index is -0.0383. The Bertz CT molecular complexity index is 1060. The van der Waals surface area contributed by atoms with Gasteiger partial charge >= 0.3 is 0 Å². The first kappa shape index (κ1) is 20.5. The first-order valence-electron chi connectivity index (χ1n) is 10.1. The van der Waals surface area contributed by atoms with Gasteiger partial charge in [0.15, 0.2) is 0 Å². The average molecular weight is 425 g/mol. The number of nitrogens with zero attached hydrogens (tertiary/aromatic N) is 1. The molecule has 0 spiro atoms. The molecule has 6 heteroatoms. The Kier molecular flexibility index (Phi) is 5.36. The van der Waals surface area contributed by atoms with E-state index >= 15 is 0 Å². The molecular weight excluding hydrogens is 396 g/mol. The topological polar surface area (TPSA) is 52.5 Å². The Morgan fingerprint density at radius 1 is 1.20 bits per heavy atom. The summed E-state index contributed by atoms with van der Waals surface area (Å²) in [6, 6.07) is 8.11. The maximum absolute atomic E-state index is 13.1. The molecule has 0 unspecified atom stereocenters. The number of ether oxygens (including phenoxy) is 2. The summed E-state index contributed by atoms with van der Waals surface area (Å²) >= 11 is 1.65. The molecule has 1 amide bonds. The third-order valence-electron chi connectivity index (χ3n) is 5.40. The third kappa shape index (κ3) is 3.72. The van der Waals surface area contributed by atoms with Gasteiger partial charge in [0.05, 0.1) is 19.9 Å². The first-order chi connectivity index (χ1) is 14.3. The highest BCUT2D eigenvalue weighted by Gasteiger charge is 2.30. The molecule has 0 saturated heterocycles. The van der Waals surface area contributed by atoms with Crippen LogP contribution in [0.5, 0.6) is 11.5 Å². The van der Waals surface area contributed by atoms with Crippen LogP contribution >= 0.6 is 11.3 Å². The number of carbonyl (C=O) groups is 1. The van der Waals surface area contributed by atoms with Crippen LogP contribution in [-0.4, -0.2) is 31.2 Å². The Labute approximate surface area is 181 Å². The number of methoxy groups -OCH3 is 2. The molecule has 1 aromatic carbocycles. The number of amides is 1. The van der Waals surface area contributed by atoms with Crippen molar-refractivity contribution in [1.82, 2.24) is 9.88 Å². The summed E-state index contributed by atoms with van der Waals surface area (Å²) in [5, 5.41) is 7.30. The van der Waals surface area contributed by atoms with E-state index in [2.05, 4.69) is 53.5 Å². The smallest absolute Gasteiger partial charge is 0.267 e. The zero-order chi connectivity index (χ0) is 21.5. The van der Waals surface area contributed by atoms with Crippen molar-refractivity contribution >= 4 is 17.2 Å². The van der Waals surface area contributed by atoms with Crippen LogP contribution in [0.2, 0.25) is 0 Å². The lowest BCUT2D eigenvalue weighted by molar-refractivity contribution is 0.0930. The summed E-state index contributed by atoms with van der Waals surface area (Å²) < 4.78 is 13.4. The fourth-order valence-electron chi connectivity index (χ4n) is 3.93. The van der Waals surface area contributed by atoms with Gasteiger partial charge in [0.2, 0.25) is 0 Å². The number of benzene rings is 1. The molecule has 2 aromatic heterocycles. The quantitative estimate of drug-likeness (QED) is 0.610. The second-order valence-electron chi connectivity index (χ2n) is 8.81. The maximum Gasteiger partial charge on any atom is 0.267 e. The van der Waals surface area contributed by atoms with Crippen molar-refractivity contribution in [3.63, 3.8) is 0 Å². The fourth-order valence-corrected chi connectivity index (χ4v) is 4.59. The number of aryl methyl sites for hydroxylation is 1. The van der Waals surface area contributed by atoms with Gasteiger partial charge in [0.1, 0.15) is 17.2 Å². The van der Waals surface area contributed by atoms with Crippen molar-refractivity contribution in [2.24, 2.45) is 5.41 Å². The molecule has 0 aliphatic carbocycles. The minimum Gasteiger partial charge on any atom is -0.497 e. The summed E-state index contributed by atoms with van der Waals surface area (Å²) in [6.45, 7) is 7.71. The molecule has 3 aromatic rings. The maximum atomic E-state index is 13.1. The standard InChI is InChI=1S/C24H28N2O3S/c1-24(2,3)14-25-23(27)19-12-18(16-7-9-30-13-16)22-21-15(6-8-26(19)22)10-17(28-4)11-20(21)29-5/h7,9-13H,6,8,14H2,1-5H3,(H,25,27). The molecular formula is C24H28N2O3S. The lowest BCUT2D eigenvalue weighted by atomic mass is 9.93. The van der Waals surface area contributed by atoms with Crippen LogP contribution in [-0.2, 0) is 13.0 Å². The molecule has 1 aliphatic rings. The van der Waals surface area contributed by atoms with E-state index in [0.717, 1.165) is 46.8 Å². The average Bonchev–Trinajstić information content (AvgIpc) is 3.38. The van der Waals surface area contributed by atoms with Gasteiger partial charge in [-0.1, -0.05) is 20.8 Å². The number of thiophene rings is 1. The van der Waals surface area contributed by atoms with E-state index in [9.17, 15) is 4.79 Å². The second kappa shape index (κ2) is 7.84. The zero-order valence-corrected chi connectivity index (χ0v) is 19.0. The number of hydrogen-bond acceptors (Lipinski definition) is 4. The number of fused-ring (bicyclic) bond motifs is 3. The van der Waals surface area contributed by atoms with Gasteiger partial charge in [-0.25, -0.2) is 0 Å². The normalized spacial score (nSPS) is 12.8. The highest BCUT2D eigenvalue weighted by molar-refractivity contribution is 7.08. The minimum absolute atomic E-state index is 0.0234. The van der Waals surface area contributed by atoms with E-state index < -0.39 is 0 Å². The van der Waals surface area contributed by atoms with Crippen molar-refractivity contribution in [3.8, 4) is 33.9 Å². The van der Waals surface area contributed by atoms with Crippen molar-refractivity contribution in [3.05, 3.63) is 46.3 Å². The van der Waals surface area contributed by atoms with E-state index in [4.69, 9.17) is 9.47 Å². The van der Waals surface area contributed by atoms with Crippen LogP contribution < -0.4 is 14.8 Å². The number of aromatic nitrogens is 1. The predicted octanol–water partition coefficient (Wildman–Crippen LogP) is 5.23. The van der Waals surface area contributed by atoms with Crippen LogP contribution in [0, 0.1) is 5.41 Å². The van der Waals surface area contributed by atoms with E-state index in [1.54, 1.807) is 25.6 Å². The highest BCUT2D eigenvalue weighted by atomic mass is 32.1. The third-order valence-corrected chi connectivity index (χ3v) is 6.08. The molecule has 0 saturated carbocycles. The van der Waals surface area contributed by atoms with Gasteiger partial charge in [-0.3, -0.25) is 4.79 Å². The highest BCUT2D eigenvalue weighted by Crippen LogP contribution is 2.46. The zero-order valence-electron chi connectivity index (χ0n) is 18.2. The Balaban J connectivity index is 1.89. The monoisotopic (exact) mass is 424 g/mol. The second-order valence-corrected chi connectivity index (χ2v) is 9.59. The van der Waals surface area contributed by atoms with Crippen LogP contribution in [0.15, 0.2) is 35.0 Å². The van der Waals surface area contributed by atoms with Crippen molar-refractivity contribution in [2.45, 2.75) is 33.7 Å². The molecule has 3 heterocycles. The fraction of sp³-hybridized carbons (Fsp3) is 0.375. The summed E-state index contributed by atoms with van der Waals surface area (Å²) in [4.78, 5) is 13.1. The van der Waals surface area contributed by atoms with Crippen molar-refractivity contribution < 1.29 is 14.3 Å². The molecule has 1 N–H and O–H groups in total. The van der Waals surface area contributed by atoms with Crippen molar-refractivity contribution in [1.29, 1.82) is 0 Å². The lowest BCUT2D eigenvalue weighted by Crippen LogP contribution is -2.33. The SMILES string of the molecule is COc1cc2c(c(OC)c1)-c1c(-c3ccsc3)cc(C(=O)NCC(C)(C)C)n1CC2. The Hall–Kier alpha value is -2.73. The summed E-state index contributed by atoms with van der Waals surface area (Å²) in [6.07, 6.45) is 0.813. The van der Waals surface area contributed by atoms with E-state index in [0.29, 0.717) is 12.2 Å². The van der Waals surface area contributed by atoms with E-state index in [-0.39, 0.29) is 11.3 Å². The molecule has 1 aliphatic heterocycles. The van der Waals surface area contributed by atoms with Crippen LogP contribution in [0.25, 0.3) is 22.4 Å². The molecule has 4 rings (SSSR count). The van der Waals surface area contributed by atoms with Gasteiger partial charge in [0, 0.05) is 30.3 Å². The van der Waals surface area contributed by atoms with Crippen LogP contribution in [0.1, 0.15) is 36.8 Å². The number of rotatable bonds is 5. The Morgan fingerprint density at radius 2 is 2.00 bits per heavy atom. The van der Waals surface area contributed by atoms with Gasteiger partial charge in [0.25, 0.3) is 5.91 Å². The van der Waals surface area contributed by atoms with Crippen LogP contribution in [0.3, 0.4) is 0 Å². The predicted molar refractivity (Wildman–Crippen MR) is 122 cm³/mol. The van der Waals surface area contributed by atoms with Crippen LogP contribution in [0.4, 0.5) is 0 Å². The van der Waals surface area contributed by atoms with E-state index in [1.165, 1.54) is 5.56 Å². The van der Waals surface area contributed by atoms with Gasteiger partial charge in [-0.15, -0.1) is 0 Å². The molecule has 0 radical (unpaired) electrons. The first-order valence-corrected chi connectivity index (χ1v) is 11.1. The number of carbonyl (C=O) groups excluding carboxylic acids is 1. The molecule has 158 valence electrons. The van der Waals surface area contributed by atoms with E-state index in [1.807, 2.05) is 12.1 Å². The Morgan fingerprint density at radius 3 is 2.63 bits per heavy atom. The van der Waals surface area contributed by atoms with Crippen molar-refractivity contribution in [2.75, 3.05) is 20.8 Å². The number of hydrogen-bond donors (Lipinski definition) is 1. The molecule has 30 heavy (non-hydrogen) atoms. The summed E-state index contributed by atoms with van der Waals surface area (Å²) in [5.74, 6) is 1.51. The lowest BCUT2D eigenvalue weighted by Gasteiger charge is -2.25.